The Labute approximate surface area is 148 Å². The minimum Gasteiger partial charge on any atom is -0.459 e. The first-order valence-electron chi connectivity index (χ1n) is 7.57. The second-order valence-corrected chi connectivity index (χ2v) is 6.93. The first-order valence-corrected chi connectivity index (χ1v) is 8.39. The van der Waals surface area contributed by atoms with Crippen LogP contribution in [0, 0.1) is 24.0 Å². The van der Waals surface area contributed by atoms with E-state index in [2.05, 4.69) is 5.32 Å². The number of nitrogens with one attached hydrogen (secondary N) is 1. The number of carbonyl (C=O) groups is 2. The Morgan fingerprint density at radius 1 is 1.28 bits per heavy atom. The molecule has 0 aliphatic rings. The molecule has 1 heterocycles. The second-order valence-electron chi connectivity index (χ2n) is 5.70. The van der Waals surface area contributed by atoms with E-state index in [0.29, 0.717) is 10.6 Å². The van der Waals surface area contributed by atoms with Crippen LogP contribution in [0.4, 0.5) is 10.7 Å². The largest absolute Gasteiger partial charge is 0.459 e. The number of non-ortho nitro benzene ring substituents is 1. The predicted octanol–water partition coefficient (Wildman–Crippen LogP) is 4.09. The molecule has 25 heavy (non-hydrogen) atoms. The van der Waals surface area contributed by atoms with E-state index in [9.17, 15) is 19.7 Å². The van der Waals surface area contributed by atoms with Crippen LogP contribution < -0.4 is 5.32 Å². The number of aryl methyl sites for hydroxylation is 1. The summed E-state index contributed by atoms with van der Waals surface area (Å²) in [5.41, 5.74) is 1.02. The number of carbonyl (C=O) groups excluding carboxylic acids is 2. The molecule has 0 saturated heterocycles. The summed E-state index contributed by atoms with van der Waals surface area (Å²) in [7, 11) is 0. The van der Waals surface area contributed by atoms with Crippen LogP contribution in [0.3, 0.4) is 0 Å². The quantitative estimate of drug-likeness (QED) is 0.491. The molecule has 0 radical (unpaired) electrons. The molecule has 8 heteroatoms. The van der Waals surface area contributed by atoms with Crippen LogP contribution in [0.1, 0.15) is 45.0 Å². The highest BCUT2D eigenvalue weighted by Crippen LogP contribution is 2.33. The van der Waals surface area contributed by atoms with Gasteiger partial charge in [0.05, 0.1) is 16.6 Å². The second kappa shape index (κ2) is 7.43. The van der Waals surface area contributed by atoms with E-state index in [1.165, 1.54) is 35.6 Å². The van der Waals surface area contributed by atoms with Crippen LogP contribution in [0.5, 0.6) is 0 Å². The first kappa shape index (κ1) is 18.6. The van der Waals surface area contributed by atoms with Crippen LogP contribution in [0.15, 0.2) is 24.3 Å². The molecule has 0 atom stereocenters. The number of thiophene rings is 1. The van der Waals surface area contributed by atoms with E-state index < -0.39 is 16.8 Å². The molecule has 1 aromatic carbocycles. The van der Waals surface area contributed by atoms with Crippen molar-refractivity contribution >= 4 is 33.9 Å². The average molecular weight is 362 g/mol. The first-order chi connectivity index (χ1) is 11.7. The van der Waals surface area contributed by atoms with Gasteiger partial charge in [0.15, 0.2) is 0 Å². The number of hydrogen-bond acceptors (Lipinski definition) is 6. The van der Waals surface area contributed by atoms with Crippen molar-refractivity contribution in [1.82, 2.24) is 0 Å². The summed E-state index contributed by atoms with van der Waals surface area (Å²) >= 11 is 1.26. The average Bonchev–Trinajstić information content (AvgIpc) is 2.81. The fraction of sp³-hybridized carbons (Fsp3) is 0.294. The minimum absolute atomic E-state index is 0.140. The molecular formula is C17H18N2O5S. The lowest BCUT2D eigenvalue weighted by Gasteiger charge is -2.10. The monoisotopic (exact) mass is 362 g/mol. The van der Waals surface area contributed by atoms with Gasteiger partial charge in [-0.05, 0) is 39.3 Å². The Bertz CT molecular complexity index is 842. The Hall–Kier alpha value is -2.74. The lowest BCUT2D eigenvalue weighted by Crippen LogP contribution is -2.17. The summed E-state index contributed by atoms with van der Waals surface area (Å²) < 4.78 is 5.24. The van der Waals surface area contributed by atoms with Gasteiger partial charge in [0.25, 0.3) is 11.6 Å². The van der Waals surface area contributed by atoms with Crippen molar-refractivity contribution in [2.45, 2.75) is 33.8 Å². The third-order valence-electron chi connectivity index (χ3n) is 3.48. The number of nitro benzene ring substituents is 1. The Balaban J connectivity index is 2.32. The molecule has 1 amide bonds. The van der Waals surface area contributed by atoms with Gasteiger partial charge in [0.1, 0.15) is 5.00 Å². The smallest absolute Gasteiger partial charge is 0.341 e. The number of nitro groups is 1. The van der Waals surface area contributed by atoms with E-state index in [4.69, 9.17) is 4.74 Å². The highest BCUT2D eigenvalue weighted by molar-refractivity contribution is 7.16. The summed E-state index contributed by atoms with van der Waals surface area (Å²) in [5, 5.41) is 13.9. The SMILES string of the molecule is Cc1sc(NC(=O)c2cccc([N+](=O)[O-])c2)c(C(=O)OC(C)C)c1C. The molecule has 2 rings (SSSR count). The van der Waals surface area contributed by atoms with Crippen LogP contribution in [-0.4, -0.2) is 22.9 Å². The molecule has 0 spiro atoms. The molecule has 0 fully saturated rings. The molecule has 1 N–H and O–H groups in total. The fourth-order valence-electron chi connectivity index (χ4n) is 2.17. The molecule has 7 nitrogen and oxygen atoms in total. The summed E-state index contributed by atoms with van der Waals surface area (Å²) in [6.45, 7) is 7.11. The van der Waals surface area contributed by atoms with Crippen molar-refractivity contribution in [2.75, 3.05) is 5.32 Å². The van der Waals surface area contributed by atoms with Gasteiger partial charge in [0.2, 0.25) is 0 Å². The molecule has 0 bridgehead atoms. The Morgan fingerprint density at radius 2 is 1.96 bits per heavy atom. The van der Waals surface area contributed by atoms with Crippen LogP contribution >= 0.6 is 11.3 Å². The number of nitrogens with zero attached hydrogens (tertiary/aromatic N) is 1. The van der Waals surface area contributed by atoms with Crippen LogP contribution in [0.2, 0.25) is 0 Å². The molecule has 1 aromatic heterocycles. The topological polar surface area (TPSA) is 98.5 Å². The van der Waals surface area contributed by atoms with E-state index in [1.54, 1.807) is 20.8 Å². The third-order valence-corrected chi connectivity index (χ3v) is 4.60. The van der Waals surface area contributed by atoms with Crippen molar-refractivity contribution in [3.05, 3.63) is 55.9 Å². The minimum atomic E-state index is -0.568. The number of rotatable bonds is 5. The zero-order chi connectivity index (χ0) is 18.7. The van der Waals surface area contributed by atoms with Crippen molar-refractivity contribution in [3.63, 3.8) is 0 Å². The molecule has 0 unspecified atom stereocenters. The van der Waals surface area contributed by atoms with Gasteiger partial charge < -0.3 is 10.1 Å². The molecule has 132 valence electrons. The Kier molecular flexibility index (Phi) is 5.53. The Morgan fingerprint density at radius 3 is 2.56 bits per heavy atom. The van der Waals surface area contributed by atoms with E-state index in [1.807, 2.05) is 6.92 Å². The molecular weight excluding hydrogens is 344 g/mol. The number of amides is 1. The number of ether oxygens (including phenoxy) is 1. The molecule has 0 saturated carbocycles. The zero-order valence-corrected chi connectivity index (χ0v) is 15.1. The van der Waals surface area contributed by atoms with Crippen molar-refractivity contribution in [3.8, 4) is 0 Å². The van der Waals surface area contributed by atoms with E-state index in [-0.39, 0.29) is 17.4 Å². The normalized spacial score (nSPS) is 10.6. The summed E-state index contributed by atoms with van der Waals surface area (Å²) in [4.78, 5) is 35.9. The van der Waals surface area contributed by atoms with Gasteiger partial charge in [-0.25, -0.2) is 4.79 Å². The maximum absolute atomic E-state index is 12.4. The zero-order valence-electron chi connectivity index (χ0n) is 14.3. The summed E-state index contributed by atoms with van der Waals surface area (Å²) in [5.74, 6) is -1.03. The van der Waals surface area contributed by atoms with Gasteiger partial charge in [-0.1, -0.05) is 6.07 Å². The molecule has 0 aliphatic heterocycles. The maximum Gasteiger partial charge on any atom is 0.341 e. The lowest BCUT2D eigenvalue weighted by molar-refractivity contribution is -0.384. The number of hydrogen-bond donors (Lipinski definition) is 1. The van der Waals surface area contributed by atoms with Gasteiger partial charge in [-0.2, -0.15) is 0 Å². The van der Waals surface area contributed by atoms with Gasteiger partial charge in [-0.3, -0.25) is 14.9 Å². The molecule has 2 aromatic rings. The van der Waals surface area contributed by atoms with Crippen LogP contribution in [0.25, 0.3) is 0 Å². The van der Waals surface area contributed by atoms with Crippen LogP contribution in [-0.2, 0) is 4.74 Å². The maximum atomic E-state index is 12.4. The number of anilines is 1. The van der Waals surface area contributed by atoms with E-state index in [0.717, 1.165) is 10.4 Å². The van der Waals surface area contributed by atoms with Crippen molar-refractivity contribution in [1.29, 1.82) is 0 Å². The number of esters is 1. The third kappa shape index (κ3) is 4.21. The lowest BCUT2D eigenvalue weighted by atomic mass is 10.1. The van der Waals surface area contributed by atoms with Crippen molar-refractivity contribution < 1.29 is 19.2 Å². The van der Waals surface area contributed by atoms with Crippen molar-refractivity contribution in [2.24, 2.45) is 0 Å². The molecule has 0 aliphatic carbocycles. The summed E-state index contributed by atoms with van der Waals surface area (Å²) in [6, 6.07) is 5.41. The highest BCUT2D eigenvalue weighted by atomic mass is 32.1. The highest BCUT2D eigenvalue weighted by Gasteiger charge is 2.23. The van der Waals surface area contributed by atoms with Gasteiger partial charge in [0, 0.05) is 22.6 Å². The summed E-state index contributed by atoms with van der Waals surface area (Å²) in [6.07, 6.45) is -0.285. The van der Waals surface area contributed by atoms with Gasteiger partial charge >= 0.3 is 5.97 Å². The van der Waals surface area contributed by atoms with E-state index >= 15 is 0 Å². The standard InChI is InChI=1S/C17H18N2O5S/c1-9(2)24-17(21)14-10(3)11(4)25-16(14)18-15(20)12-6-5-7-13(8-12)19(22)23/h5-9H,1-4H3,(H,18,20). The fourth-order valence-corrected chi connectivity index (χ4v) is 3.21. The number of benzene rings is 1. The van der Waals surface area contributed by atoms with Gasteiger partial charge in [-0.15, -0.1) is 11.3 Å². The predicted molar refractivity (Wildman–Crippen MR) is 95.4 cm³/mol.